The Kier molecular flexibility index (Phi) is 4.93. The molecule has 0 aromatic carbocycles. The van der Waals surface area contributed by atoms with Crippen LogP contribution in [0.25, 0.3) is 0 Å². The zero-order chi connectivity index (χ0) is 12.7. The van der Waals surface area contributed by atoms with E-state index in [1.807, 2.05) is 26.0 Å². The lowest BCUT2D eigenvalue weighted by Gasteiger charge is -2.13. The third-order valence-corrected chi connectivity index (χ3v) is 1.88. The molecule has 0 atom stereocenters. The van der Waals surface area contributed by atoms with E-state index in [0.717, 1.165) is 11.8 Å². The highest BCUT2D eigenvalue weighted by atomic mass is 16.6. The van der Waals surface area contributed by atoms with Crippen LogP contribution in [0.5, 0.6) is 0 Å². The third-order valence-electron chi connectivity index (χ3n) is 1.88. The minimum Gasteiger partial charge on any atom is -0.365 e. The van der Waals surface area contributed by atoms with Crippen molar-refractivity contribution in [1.82, 2.24) is 15.6 Å². The van der Waals surface area contributed by atoms with Gasteiger partial charge in [-0.2, -0.15) is 0 Å². The Morgan fingerprint density at radius 3 is 2.94 bits per heavy atom. The standard InChI is InChI=1S/C11H16N4O2/c1-9(2)14-11(8-15(16)17)13-7-10-4-3-5-12-6-10/h3-6,8-9,13-14H,7H2,1-2H3. The highest BCUT2D eigenvalue weighted by Crippen LogP contribution is 1.97. The quantitative estimate of drug-likeness (QED) is 0.574. The largest absolute Gasteiger partial charge is 0.365 e. The summed E-state index contributed by atoms with van der Waals surface area (Å²) in [4.78, 5) is 13.9. The van der Waals surface area contributed by atoms with E-state index in [1.165, 1.54) is 0 Å². The molecule has 1 aromatic rings. The van der Waals surface area contributed by atoms with Crippen molar-refractivity contribution in [2.45, 2.75) is 26.4 Å². The molecule has 0 aliphatic rings. The first-order valence-electron chi connectivity index (χ1n) is 5.32. The molecule has 0 saturated carbocycles. The van der Waals surface area contributed by atoms with E-state index in [1.54, 1.807) is 12.4 Å². The van der Waals surface area contributed by atoms with Gasteiger partial charge in [0.2, 0.25) is 0 Å². The first-order chi connectivity index (χ1) is 8.08. The van der Waals surface area contributed by atoms with Gasteiger partial charge in [0.15, 0.2) is 5.82 Å². The van der Waals surface area contributed by atoms with Gasteiger partial charge in [-0.15, -0.1) is 0 Å². The number of nitrogens with one attached hydrogen (secondary N) is 2. The van der Waals surface area contributed by atoms with Crippen LogP contribution in [0.15, 0.2) is 36.5 Å². The number of nitro groups is 1. The third kappa shape index (κ3) is 5.50. The molecule has 0 amide bonds. The number of hydrogen-bond donors (Lipinski definition) is 2. The van der Waals surface area contributed by atoms with Crippen LogP contribution < -0.4 is 10.6 Å². The smallest absolute Gasteiger partial charge is 0.274 e. The first kappa shape index (κ1) is 13.0. The molecule has 0 aliphatic heterocycles. The fraction of sp³-hybridized carbons (Fsp3) is 0.364. The number of hydrogen-bond acceptors (Lipinski definition) is 5. The number of nitrogens with zero attached hydrogens (tertiary/aromatic N) is 2. The summed E-state index contributed by atoms with van der Waals surface area (Å²) >= 11 is 0. The molecule has 0 bridgehead atoms. The fourth-order valence-corrected chi connectivity index (χ4v) is 1.25. The number of pyridine rings is 1. The van der Waals surface area contributed by atoms with Crippen LogP contribution in [0.1, 0.15) is 19.4 Å². The van der Waals surface area contributed by atoms with Crippen LogP contribution in [-0.4, -0.2) is 15.9 Å². The van der Waals surface area contributed by atoms with Crippen molar-refractivity contribution in [2.24, 2.45) is 0 Å². The topological polar surface area (TPSA) is 80.1 Å². The van der Waals surface area contributed by atoms with Crippen molar-refractivity contribution in [3.63, 3.8) is 0 Å². The molecule has 0 unspecified atom stereocenters. The Labute approximate surface area is 99.9 Å². The van der Waals surface area contributed by atoms with Crippen molar-refractivity contribution >= 4 is 0 Å². The van der Waals surface area contributed by atoms with E-state index in [-0.39, 0.29) is 6.04 Å². The molecule has 92 valence electrons. The van der Waals surface area contributed by atoms with Crippen LogP contribution in [0, 0.1) is 10.1 Å². The van der Waals surface area contributed by atoms with Crippen molar-refractivity contribution in [1.29, 1.82) is 0 Å². The van der Waals surface area contributed by atoms with Crippen LogP contribution in [-0.2, 0) is 6.54 Å². The summed E-state index contributed by atoms with van der Waals surface area (Å²) in [5, 5.41) is 16.4. The Hall–Kier alpha value is -2.11. The Bertz CT molecular complexity index is 390. The summed E-state index contributed by atoms with van der Waals surface area (Å²) < 4.78 is 0. The summed E-state index contributed by atoms with van der Waals surface area (Å²) in [7, 11) is 0. The molecule has 17 heavy (non-hydrogen) atoms. The molecule has 6 nitrogen and oxygen atoms in total. The second kappa shape index (κ2) is 6.47. The fourth-order valence-electron chi connectivity index (χ4n) is 1.25. The maximum atomic E-state index is 10.4. The van der Waals surface area contributed by atoms with Gasteiger partial charge in [0, 0.05) is 25.0 Å². The predicted octanol–water partition coefficient (Wildman–Crippen LogP) is 1.24. The van der Waals surface area contributed by atoms with Gasteiger partial charge >= 0.3 is 0 Å². The first-order valence-corrected chi connectivity index (χ1v) is 5.32. The van der Waals surface area contributed by atoms with Crippen molar-refractivity contribution in [3.8, 4) is 0 Å². The van der Waals surface area contributed by atoms with Crippen LogP contribution in [0.2, 0.25) is 0 Å². The number of rotatable bonds is 6. The second-order valence-corrected chi connectivity index (χ2v) is 3.84. The second-order valence-electron chi connectivity index (χ2n) is 3.84. The van der Waals surface area contributed by atoms with Gasteiger partial charge in [0.25, 0.3) is 6.20 Å². The van der Waals surface area contributed by atoms with E-state index in [0.29, 0.717) is 12.4 Å². The molecule has 1 aromatic heterocycles. The Morgan fingerprint density at radius 1 is 1.65 bits per heavy atom. The molecule has 0 saturated heterocycles. The van der Waals surface area contributed by atoms with Gasteiger partial charge in [-0.3, -0.25) is 15.1 Å². The van der Waals surface area contributed by atoms with E-state index < -0.39 is 4.92 Å². The van der Waals surface area contributed by atoms with E-state index in [4.69, 9.17) is 0 Å². The van der Waals surface area contributed by atoms with E-state index >= 15 is 0 Å². The molecule has 0 radical (unpaired) electrons. The molecule has 0 spiro atoms. The zero-order valence-electron chi connectivity index (χ0n) is 9.88. The maximum absolute atomic E-state index is 10.4. The molecule has 2 N–H and O–H groups in total. The van der Waals surface area contributed by atoms with E-state index in [2.05, 4.69) is 15.6 Å². The van der Waals surface area contributed by atoms with Gasteiger partial charge in [-0.1, -0.05) is 6.07 Å². The molecular weight excluding hydrogens is 220 g/mol. The average molecular weight is 236 g/mol. The van der Waals surface area contributed by atoms with Gasteiger partial charge < -0.3 is 10.6 Å². The van der Waals surface area contributed by atoms with Crippen LogP contribution >= 0.6 is 0 Å². The molecule has 0 fully saturated rings. The summed E-state index contributed by atoms with van der Waals surface area (Å²) in [5.41, 5.74) is 0.965. The Balaban J connectivity index is 2.58. The van der Waals surface area contributed by atoms with Crippen molar-refractivity contribution < 1.29 is 4.92 Å². The lowest BCUT2D eigenvalue weighted by molar-refractivity contribution is -0.404. The van der Waals surface area contributed by atoms with E-state index in [9.17, 15) is 10.1 Å². The normalized spacial score (nSPS) is 11.4. The van der Waals surface area contributed by atoms with Crippen LogP contribution in [0.4, 0.5) is 0 Å². The summed E-state index contributed by atoms with van der Waals surface area (Å²) in [6.45, 7) is 4.33. The number of aromatic nitrogens is 1. The van der Waals surface area contributed by atoms with Crippen molar-refractivity contribution in [2.75, 3.05) is 0 Å². The van der Waals surface area contributed by atoms with Crippen molar-refractivity contribution in [3.05, 3.63) is 52.2 Å². The summed E-state index contributed by atoms with van der Waals surface area (Å²) in [5.74, 6) is 0.397. The van der Waals surface area contributed by atoms with Crippen LogP contribution in [0.3, 0.4) is 0 Å². The minimum absolute atomic E-state index is 0.127. The van der Waals surface area contributed by atoms with Gasteiger partial charge in [0.05, 0.1) is 4.92 Å². The SMILES string of the molecule is CC(C)NC(=C[N+](=O)[O-])NCc1cccnc1. The summed E-state index contributed by atoms with van der Waals surface area (Å²) in [6.07, 6.45) is 4.33. The monoisotopic (exact) mass is 236 g/mol. The lowest BCUT2D eigenvalue weighted by Crippen LogP contribution is -2.31. The zero-order valence-corrected chi connectivity index (χ0v) is 9.88. The average Bonchev–Trinajstić information content (AvgIpc) is 2.26. The highest BCUT2D eigenvalue weighted by molar-refractivity contribution is 5.09. The van der Waals surface area contributed by atoms with Gasteiger partial charge in [0.1, 0.15) is 0 Å². The maximum Gasteiger partial charge on any atom is 0.274 e. The minimum atomic E-state index is -0.485. The molecule has 6 heteroatoms. The molecular formula is C11H16N4O2. The summed E-state index contributed by atoms with van der Waals surface area (Å²) in [6, 6.07) is 3.85. The predicted molar refractivity (Wildman–Crippen MR) is 64.4 cm³/mol. The van der Waals surface area contributed by atoms with Gasteiger partial charge in [-0.05, 0) is 25.5 Å². The highest BCUT2D eigenvalue weighted by Gasteiger charge is 2.04. The lowest BCUT2D eigenvalue weighted by atomic mass is 10.3. The molecule has 1 heterocycles. The Morgan fingerprint density at radius 2 is 2.41 bits per heavy atom. The molecule has 1 rings (SSSR count). The van der Waals surface area contributed by atoms with Gasteiger partial charge in [-0.25, -0.2) is 0 Å². The molecule has 0 aliphatic carbocycles.